The molecule has 2 aromatic rings. The Labute approximate surface area is 112 Å². The van der Waals surface area contributed by atoms with Gasteiger partial charge in [0, 0.05) is 36.9 Å². The lowest BCUT2D eigenvalue weighted by Gasteiger charge is -2.04. The lowest BCUT2D eigenvalue weighted by Crippen LogP contribution is -2.22. The molecule has 0 aliphatic heterocycles. The molecule has 0 atom stereocenters. The number of rotatable bonds is 4. The molecular weight excluding hydrogens is 240 g/mol. The fourth-order valence-electron chi connectivity index (χ4n) is 1.67. The van der Waals surface area contributed by atoms with Crippen LogP contribution in [0.4, 0.5) is 0 Å². The number of hydrazone groups is 1. The van der Waals surface area contributed by atoms with E-state index in [1.54, 1.807) is 12.4 Å². The number of nitrogens with zero attached hydrogens (tertiary/aromatic N) is 3. The molecule has 98 valence electrons. The minimum Gasteiger partial charge on any atom is -0.354 e. The highest BCUT2D eigenvalue weighted by molar-refractivity contribution is 5.98. The van der Waals surface area contributed by atoms with Gasteiger partial charge in [-0.3, -0.25) is 9.78 Å². The van der Waals surface area contributed by atoms with Gasteiger partial charge in [-0.2, -0.15) is 5.10 Å². The van der Waals surface area contributed by atoms with Crippen molar-refractivity contribution in [2.45, 2.75) is 13.3 Å². The van der Waals surface area contributed by atoms with Crippen molar-refractivity contribution in [1.29, 1.82) is 0 Å². The quantitative estimate of drug-likeness (QED) is 0.665. The number of hydrogen-bond donors (Lipinski definition) is 1. The monoisotopic (exact) mass is 256 g/mol. The summed E-state index contributed by atoms with van der Waals surface area (Å²) in [6.45, 7) is 1.83. The molecule has 0 aliphatic carbocycles. The molecule has 0 spiro atoms. The van der Waals surface area contributed by atoms with Crippen molar-refractivity contribution in [3.63, 3.8) is 0 Å². The average Bonchev–Trinajstić information content (AvgIpc) is 2.82. The molecule has 2 aromatic heterocycles. The van der Waals surface area contributed by atoms with Crippen LogP contribution in [0.25, 0.3) is 0 Å². The minimum absolute atomic E-state index is 0.134. The van der Waals surface area contributed by atoms with E-state index in [1.165, 1.54) is 0 Å². The molecular formula is C14H16N4O. The van der Waals surface area contributed by atoms with E-state index in [0.29, 0.717) is 6.42 Å². The molecule has 0 aliphatic rings. The third-order valence-electron chi connectivity index (χ3n) is 2.82. The molecule has 0 radical (unpaired) electrons. The molecule has 0 bridgehead atoms. The van der Waals surface area contributed by atoms with Gasteiger partial charge in [-0.25, -0.2) is 5.43 Å². The first kappa shape index (κ1) is 13.0. The summed E-state index contributed by atoms with van der Waals surface area (Å²) in [6.07, 6.45) is 5.63. The minimum atomic E-state index is -0.134. The summed E-state index contributed by atoms with van der Waals surface area (Å²) >= 11 is 0. The first-order valence-corrected chi connectivity index (χ1v) is 6.00. The maximum atomic E-state index is 11.8. The van der Waals surface area contributed by atoms with E-state index in [1.807, 2.05) is 49.0 Å². The standard InChI is InChI=1S/C14H16N4O/c1-11(12-5-3-7-15-10-12)16-17-14(19)9-13-6-4-8-18(13)2/h3-8,10H,9H2,1-2H3,(H,17,19)/b16-11+. The van der Waals surface area contributed by atoms with Crippen molar-refractivity contribution < 1.29 is 4.79 Å². The maximum Gasteiger partial charge on any atom is 0.246 e. The van der Waals surface area contributed by atoms with Crippen molar-refractivity contribution in [1.82, 2.24) is 15.0 Å². The number of carbonyl (C=O) groups is 1. The first-order valence-electron chi connectivity index (χ1n) is 6.00. The fraction of sp³-hybridized carbons (Fsp3) is 0.214. The third-order valence-corrected chi connectivity index (χ3v) is 2.82. The maximum absolute atomic E-state index is 11.8. The molecule has 19 heavy (non-hydrogen) atoms. The second kappa shape index (κ2) is 5.95. The van der Waals surface area contributed by atoms with Crippen LogP contribution in [-0.2, 0) is 18.3 Å². The molecule has 0 saturated carbocycles. The zero-order valence-corrected chi connectivity index (χ0v) is 11.0. The molecule has 1 amide bonds. The van der Waals surface area contributed by atoms with Gasteiger partial charge in [-0.05, 0) is 25.1 Å². The van der Waals surface area contributed by atoms with E-state index in [4.69, 9.17) is 0 Å². The van der Waals surface area contributed by atoms with Crippen molar-refractivity contribution in [2.24, 2.45) is 12.1 Å². The van der Waals surface area contributed by atoms with Crippen LogP contribution in [-0.4, -0.2) is 21.2 Å². The van der Waals surface area contributed by atoms with Gasteiger partial charge < -0.3 is 4.57 Å². The Hall–Kier alpha value is -2.43. The number of aryl methyl sites for hydroxylation is 1. The number of carbonyl (C=O) groups excluding carboxylic acids is 1. The number of nitrogens with one attached hydrogen (secondary N) is 1. The summed E-state index contributed by atoms with van der Waals surface area (Å²) in [6, 6.07) is 7.55. The van der Waals surface area contributed by atoms with Crippen LogP contribution in [0.1, 0.15) is 18.2 Å². The Bertz CT molecular complexity index is 587. The van der Waals surface area contributed by atoms with E-state index in [2.05, 4.69) is 15.5 Å². The smallest absolute Gasteiger partial charge is 0.246 e. The highest BCUT2D eigenvalue weighted by Gasteiger charge is 2.05. The Morgan fingerprint density at radius 2 is 2.26 bits per heavy atom. The van der Waals surface area contributed by atoms with Crippen LogP contribution in [0.15, 0.2) is 48.0 Å². The Morgan fingerprint density at radius 1 is 1.42 bits per heavy atom. The van der Waals surface area contributed by atoms with E-state index in [-0.39, 0.29) is 5.91 Å². The molecule has 0 aromatic carbocycles. The van der Waals surface area contributed by atoms with E-state index in [9.17, 15) is 4.79 Å². The van der Waals surface area contributed by atoms with Gasteiger partial charge >= 0.3 is 0 Å². The summed E-state index contributed by atoms with van der Waals surface area (Å²) in [4.78, 5) is 15.8. The Morgan fingerprint density at radius 3 is 2.89 bits per heavy atom. The predicted molar refractivity (Wildman–Crippen MR) is 73.7 cm³/mol. The van der Waals surface area contributed by atoms with Gasteiger partial charge in [0.2, 0.25) is 5.91 Å². The third kappa shape index (κ3) is 3.51. The summed E-state index contributed by atoms with van der Waals surface area (Å²) in [5.74, 6) is -0.134. The van der Waals surface area contributed by atoms with E-state index in [0.717, 1.165) is 17.0 Å². The SMILES string of the molecule is C/C(=N\NC(=O)Cc1cccn1C)c1cccnc1. The van der Waals surface area contributed by atoms with Crippen molar-refractivity contribution in [3.05, 3.63) is 54.1 Å². The molecule has 5 heteroatoms. The van der Waals surface area contributed by atoms with E-state index < -0.39 is 0 Å². The zero-order chi connectivity index (χ0) is 13.7. The first-order chi connectivity index (χ1) is 9.16. The van der Waals surface area contributed by atoms with Crippen LogP contribution in [0.2, 0.25) is 0 Å². The van der Waals surface area contributed by atoms with Crippen LogP contribution >= 0.6 is 0 Å². The van der Waals surface area contributed by atoms with Crippen molar-refractivity contribution in [2.75, 3.05) is 0 Å². The fourth-order valence-corrected chi connectivity index (χ4v) is 1.67. The summed E-state index contributed by atoms with van der Waals surface area (Å²) in [5.41, 5.74) is 5.13. The number of pyridine rings is 1. The highest BCUT2D eigenvalue weighted by atomic mass is 16.2. The lowest BCUT2D eigenvalue weighted by atomic mass is 10.2. The van der Waals surface area contributed by atoms with Gasteiger partial charge in [-0.15, -0.1) is 0 Å². The van der Waals surface area contributed by atoms with Gasteiger partial charge in [-0.1, -0.05) is 6.07 Å². The molecule has 0 unspecified atom stereocenters. The molecule has 0 saturated heterocycles. The molecule has 5 nitrogen and oxygen atoms in total. The molecule has 0 fully saturated rings. The van der Waals surface area contributed by atoms with Crippen LogP contribution in [0.5, 0.6) is 0 Å². The highest BCUT2D eigenvalue weighted by Crippen LogP contribution is 2.01. The van der Waals surface area contributed by atoms with Crippen LogP contribution in [0.3, 0.4) is 0 Å². The van der Waals surface area contributed by atoms with Crippen molar-refractivity contribution >= 4 is 11.6 Å². The van der Waals surface area contributed by atoms with Gasteiger partial charge in [0.25, 0.3) is 0 Å². The average molecular weight is 256 g/mol. The molecule has 1 N–H and O–H groups in total. The summed E-state index contributed by atoms with van der Waals surface area (Å²) in [7, 11) is 1.91. The van der Waals surface area contributed by atoms with Crippen molar-refractivity contribution in [3.8, 4) is 0 Å². The van der Waals surface area contributed by atoms with E-state index >= 15 is 0 Å². The second-order valence-electron chi connectivity index (χ2n) is 4.26. The normalized spacial score (nSPS) is 11.4. The topological polar surface area (TPSA) is 59.3 Å². The lowest BCUT2D eigenvalue weighted by molar-refractivity contribution is -0.120. The van der Waals surface area contributed by atoms with Gasteiger partial charge in [0.15, 0.2) is 0 Å². The van der Waals surface area contributed by atoms with Gasteiger partial charge in [0.1, 0.15) is 0 Å². The van der Waals surface area contributed by atoms with Gasteiger partial charge in [0.05, 0.1) is 12.1 Å². The predicted octanol–water partition coefficient (Wildman–Crippen LogP) is 1.50. The van der Waals surface area contributed by atoms with Crippen LogP contribution in [0, 0.1) is 0 Å². The largest absolute Gasteiger partial charge is 0.354 e. The molecule has 2 heterocycles. The zero-order valence-electron chi connectivity index (χ0n) is 11.0. The Kier molecular flexibility index (Phi) is 4.07. The number of hydrogen-bond acceptors (Lipinski definition) is 3. The number of amides is 1. The number of aromatic nitrogens is 2. The second-order valence-corrected chi connectivity index (χ2v) is 4.26. The summed E-state index contributed by atoms with van der Waals surface area (Å²) in [5, 5.41) is 4.07. The van der Waals surface area contributed by atoms with Crippen LogP contribution < -0.4 is 5.43 Å². The Balaban J connectivity index is 1.95. The molecule has 2 rings (SSSR count). The summed E-state index contributed by atoms with van der Waals surface area (Å²) < 4.78 is 1.91.